The summed E-state index contributed by atoms with van der Waals surface area (Å²) in [6.45, 7) is 9.21. The average molecular weight is 278 g/mol. The van der Waals surface area contributed by atoms with Crippen LogP contribution >= 0.6 is 0 Å². The molecule has 1 saturated heterocycles. The molecule has 1 aromatic heterocycles. The number of hydrogen-bond acceptors (Lipinski definition) is 5. The largest absolute Gasteiger partial charge is 0.476 e. The molecule has 0 atom stereocenters. The Hall–Kier alpha value is -1.36. The molecule has 1 fully saturated rings. The van der Waals surface area contributed by atoms with E-state index in [9.17, 15) is 0 Å². The van der Waals surface area contributed by atoms with Gasteiger partial charge in [0.05, 0.1) is 5.56 Å². The number of likely N-dealkylation sites (tertiary alicyclic amines) is 1. The summed E-state index contributed by atoms with van der Waals surface area (Å²) < 4.78 is 5.91. The molecule has 0 spiro atoms. The summed E-state index contributed by atoms with van der Waals surface area (Å²) in [6.07, 6.45) is 6.23. The summed E-state index contributed by atoms with van der Waals surface area (Å²) in [5.74, 6) is 1.66. The molecule has 5 nitrogen and oxygen atoms in total. The van der Waals surface area contributed by atoms with Gasteiger partial charge in [0.15, 0.2) is 0 Å². The van der Waals surface area contributed by atoms with Gasteiger partial charge in [-0.15, -0.1) is 0 Å². The summed E-state index contributed by atoms with van der Waals surface area (Å²) in [5, 5.41) is 3.29. The van der Waals surface area contributed by atoms with E-state index in [0.29, 0.717) is 6.61 Å². The smallest absolute Gasteiger partial charge is 0.221 e. The standard InChI is InChI=1S/C15H26N4O/c1-3-7-13-14(16-4-2)17-12-18-15(13)20-11-10-19-8-5-6-9-19/h12H,3-11H2,1-2H3,(H,16,17,18). The molecule has 1 aliphatic rings. The van der Waals surface area contributed by atoms with E-state index < -0.39 is 0 Å². The molecule has 2 rings (SSSR count). The Morgan fingerprint density at radius 3 is 2.75 bits per heavy atom. The lowest BCUT2D eigenvalue weighted by atomic mass is 10.1. The first-order valence-electron chi connectivity index (χ1n) is 7.78. The number of nitrogens with one attached hydrogen (secondary N) is 1. The Morgan fingerprint density at radius 2 is 2.05 bits per heavy atom. The number of ether oxygens (including phenoxy) is 1. The minimum Gasteiger partial charge on any atom is -0.476 e. The highest BCUT2D eigenvalue weighted by Gasteiger charge is 2.14. The van der Waals surface area contributed by atoms with Crippen molar-refractivity contribution in [1.82, 2.24) is 14.9 Å². The molecule has 0 radical (unpaired) electrons. The van der Waals surface area contributed by atoms with Crippen LogP contribution in [0.1, 0.15) is 38.7 Å². The van der Waals surface area contributed by atoms with E-state index in [1.807, 2.05) is 0 Å². The lowest BCUT2D eigenvalue weighted by Gasteiger charge is -2.17. The van der Waals surface area contributed by atoms with Gasteiger partial charge in [0, 0.05) is 13.1 Å². The summed E-state index contributed by atoms with van der Waals surface area (Å²) in [4.78, 5) is 11.1. The van der Waals surface area contributed by atoms with Crippen molar-refractivity contribution in [2.45, 2.75) is 39.5 Å². The number of hydrogen-bond donors (Lipinski definition) is 1. The van der Waals surface area contributed by atoms with Crippen LogP contribution in [0.15, 0.2) is 6.33 Å². The molecule has 1 N–H and O–H groups in total. The second-order valence-corrected chi connectivity index (χ2v) is 5.18. The van der Waals surface area contributed by atoms with Crippen LogP contribution in [-0.2, 0) is 6.42 Å². The summed E-state index contributed by atoms with van der Waals surface area (Å²) in [6, 6.07) is 0. The van der Waals surface area contributed by atoms with Crippen LogP contribution in [0.4, 0.5) is 5.82 Å². The van der Waals surface area contributed by atoms with E-state index in [2.05, 4.69) is 34.0 Å². The van der Waals surface area contributed by atoms with Gasteiger partial charge in [-0.3, -0.25) is 4.90 Å². The predicted molar refractivity (Wildman–Crippen MR) is 81.4 cm³/mol. The molecule has 112 valence electrons. The van der Waals surface area contributed by atoms with Crippen molar-refractivity contribution in [3.05, 3.63) is 11.9 Å². The fourth-order valence-electron chi connectivity index (χ4n) is 2.59. The zero-order valence-corrected chi connectivity index (χ0v) is 12.7. The highest BCUT2D eigenvalue weighted by Crippen LogP contribution is 2.23. The number of rotatable bonds is 8. The summed E-state index contributed by atoms with van der Waals surface area (Å²) in [5.41, 5.74) is 1.11. The van der Waals surface area contributed by atoms with E-state index in [4.69, 9.17) is 4.74 Å². The summed E-state index contributed by atoms with van der Waals surface area (Å²) >= 11 is 0. The van der Waals surface area contributed by atoms with Crippen molar-refractivity contribution in [2.75, 3.05) is 38.1 Å². The molecule has 0 unspecified atom stereocenters. The highest BCUT2D eigenvalue weighted by molar-refractivity contribution is 5.48. The number of nitrogens with zero attached hydrogens (tertiary/aromatic N) is 3. The second-order valence-electron chi connectivity index (χ2n) is 5.18. The minimum atomic E-state index is 0.708. The van der Waals surface area contributed by atoms with E-state index in [0.717, 1.165) is 43.2 Å². The lowest BCUT2D eigenvalue weighted by molar-refractivity contribution is 0.230. The van der Waals surface area contributed by atoms with Crippen LogP contribution in [-0.4, -0.2) is 47.7 Å². The number of aromatic nitrogens is 2. The van der Waals surface area contributed by atoms with Crippen LogP contribution in [0.25, 0.3) is 0 Å². The van der Waals surface area contributed by atoms with E-state index >= 15 is 0 Å². The van der Waals surface area contributed by atoms with Crippen molar-refractivity contribution < 1.29 is 4.74 Å². The molecule has 20 heavy (non-hydrogen) atoms. The molecule has 2 heterocycles. The van der Waals surface area contributed by atoms with Gasteiger partial charge in [-0.2, -0.15) is 0 Å². The number of anilines is 1. The van der Waals surface area contributed by atoms with Gasteiger partial charge in [-0.1, -0.05) is 13.3 Å². The maximum atomic E-state index is 5.91. The molecular formula is C15H26N4O. The highest BCUT2D eigenvalue weighted by atomic mass is 16.5. The van der Waals surface area contributed by atoms with Crippen molar-refractivity contribution in [1.29, 1.82) is 0 Å². The van der Waals surface area contributed by atoms with Gasteiger partial charge in [0.2, 0.25) is 5.88 Å². The molecule has 0 amide bonds. The summed E-state index contributed by atoms with van der Waals surface area (Å²) in [7, 11) is 0. The van der Waals surface area contributed by atoms with Gasteiger partial charge >= 0.3 is 0 Å². The molecule has 5 heteroatoms. The zero-order valence-electron chi connectivity index (χ0n) is 12.7. The average Bonchev–Trinajstić information content (AvgIpc) is 2.96. The van der Waals surface area contributed by atoms with Crippen molar-refractivity contribution in [2.24, 2.45) is 0 Å². The Bertz CT molecular complexity index is 405. The molecular weight excluding hydrogens is 252 g/mol. The Kier molecular flexibility index (Phi) is 6.05. The normalized spacial score (nSPS) is 15.5. The predicted octanol–water partition coefficient (Wildman–Crippen LogP) is 2.34. The van der Waals surface area contributed by atoms with Crippen LogP contribution < -0.4 is 10.1 Å². The minimum absolute atomic E-state index is 0.708. The first-order valence-corrected chi connectivity index (χ1v) is 7.78. The van der Waals surface area contributed by atoms with Gasteiger partial charge in [0.25, 0.3) is 0 Å². The van der Waals surface area contributed by atoms with E-state index in [1.165, 1.54) is 25.9 Å². The molecule has 0 saturated carbocycles. The maximum Gasteiger partial charge on any atom is 0.221 e. The van der Waals surface area contributed by atoms with Gasteiger partial charge in [0.1, 0.15) is 18.8 Å². The first-order chi connectivity index (χ1) is 9.85. The van der Waals surface area contributed by atoms with Gasteiger partial charge < -0.3 is 10.1 Å². The topological polar surface area (TPSA) is 50.3 Å². The van der Waals surface area contributed by atoms with Crippen LogP contribution in [0, 0.1) is 0 Å². The van der Waals surface area contributed by atoms with Crippen molar-refractivity contribution in [3.8, 4) is 5.88 Å². The molecule has 1 aromatic rings. The quantitative estimate of drug-likeness (QED) is 0.791. The maximum absolute atomic E-state index is 5.91. The van der Waals surface area contributed by atoms with Crippen LogP contribution in [0.2, 0.25) is 0 Å². The SMILES string of the molecule is CCCc1c(NCC)ncnc1OCCN1CCCC1. The Morgan fingerprint density at radius 1 is 1.25 bits per heavy atom. The fraction of sp³-hybridized carbons (Fsp3) is 0.733. The van der Waals surface area contributed by atoms with Gasteiger partial charge in [-0.25, -0.2) is 9.97 Å². The third-order valence-electron chi connectivity index (χ3n) is 3.60. The second kappa shape index (κ2) is 8.04. The molecule has 0 aliphatic carbocycles. The van der Waals surface area contributed by atoms with Gasteiger partial charge in [-0.05, 0) is 39.3 Å². The monoisotopic (exact) mass is 278 g/mol. The zero-order chi connectivity index (χ0) is 14.2. The van der Waals surface area contributed by atoms with E-state index in [-0.39, 0.29) is 0 Å². The third kappa shape index (κ3) is 4.07. The molecule has 0 bridgehead atoms. The van der Waals surface area contributed by atoms with Crippen LogP contribution in [0.5, 0.6) is 5.88 Å². The van der Waals surface area contributed by atoms with Crippen molar-refractivity contribution in [3.63, 3.8) is 0 Å². The van der Waals surface area contributed by atoms with Crippen molar-refractivity contribution >= 4 is 5.82 Å². The molecule has 1 aliphatic heterocycles. The Balaban J connectivity index is 1.95. The molecule has 0 aromatic carbocycles. The lowest BCUT2D eigenvalue weighted by Crippen LogP contribution is -2.25. The fourth-order valence-corrected chi connectivity index (χ4v) is 2.59. The first kappa shape index (κ1) is 15.0. The Labute approximate surface area is 121 Å². The van der Waals surface area contributed by atoms with Crippen LogP contribution in [0.3, 0.4) is 0 Å². The third-order valence-corrected chi connectivity index (χ3v) is 3.60. The van der Waals surface area contributed by atoms with E-state index in [1.54, 1.807) is 6.33 Å².